The predicted octanol–water partition coefficient (Wildman–Crippen LogP) is 3.94. The van der Waals surface area contributed by atoms with Crippen LogP contribution in [0.5, 0.6) is 0 Å². The standard InChI is InChI=1S/C21H30BrN5O3S/c1-14-8-9-17(26-21-23-12-18(22)20(27-21)25-15(2)13-28)10-19(14)31(29,30)24-11-16-6-4-3-5-7-16/h8-10,12,15-16,24,28H,3-7,11,13H2,1-2H3,(H2,23,25,26,27)/t15-/m1/s1. The Morgan fingerprint density at radius 1 is 1.26 bits per heavy atom. The summed E-state index contributed by atoms with van der Waals surface area (Å²) in [6.45, 7) is 4.06. The van der Waals surface area contributed by atoms with Crippen LogP contribution in [0, 0.1) is 12.8 Å². The number of aliphatic hydroxyl groups excluding tert-OH is 1. The fourth-order valence-electron chi connectivity index (χ4n) is 3.60. The van der Waals surface area contributed by atoms with Gasteiger partial charge in [-0.2, -0.15) is 4.98 Å². The highest BCUT2D eigenvalue weighted by atomic mass is 79.9. The van der Waals surface area contributed by atoms with Crippen molar-refractivity contribution in [3.05, 3.63) is 34.4 Å². The molecule has 0 radical (unpaired) electrons. The monoisotopic (exact) mass is 511 g/mol. The Balaban J connectivity index is 1.75. The number of rotatable bonds is 9. The number of hydrogen-bond acceptors (Lipinski definition) is 7. The molecular formula is C21H30BrN5O3S. The summed E-state index contributed by atoms with van der Waals surface area (Å²) >= 11 is 3.39. The van der Waals surface area contributed by atoms with Crippen LogP contribution in [0.3, 0.4) is 0 Å². The molecule has 4 N–H and O–H groups in total. The minimum atomic E-state index is -3.62. The number of benzene rings is 1. The summed E-state index contributed by atoms with van der Waals surface area (Å²) in [7, 11) is -3.62. The lowest BCUT2D eigenvalue weighted by molar-refractivity contribution is 0.281. The number of nitrogens with zero attached hydrogens (tertiary/aromatic N) is 2. The summed E-state index contributed by atoms with van der Waals surface area (Å²) in [6.07, 6.45) is 7.34. The zero-order valence-electron chi connectivity index (χ0n) is 17.9. The molecule has 1 heterocycles. The minimum absolute atomic E-state index is 0.0355. The van der Waals surface area contributed by atoms with Crippen molar-refractivity contribution in [2.75, 3.05) is 23.8 Å². The number of anilines is 3. The first-order valence-corrected chi connectivity index (χ1v) is 12.8. The highest BCUT2D eigenvalue weighted by Crippen LogP contribution is 2.26. The van der Waals surface area contributed by atoms with E-state index in [4.69, 9.17) is 0 Å². The minimum Gasteiger partial charge on any atom is -0.394 e. The molecular weight excluding hydrogens is 482 g/mol. The molecule has 0 bridgehead atoms. The normalized spacial score (nSPS) is 16.1. The van der Waals surface area contributed by atoms with Gasteiger partial charge in [0.2, 0.25) is 16.0 Å². The molecule has 10 heteroatoms. The van der Waals surface area contributed by atoms with Gasteiger partial charge < -0.3 is 15.7 Å². The first-order chi connectivity index (χ1) is 14.8. The van der Waals surface area contributed by atoms with Crippen molar-refractivity contribution in [2.24, 2.45) is 5.92 Å². The van der Waals surface area contributed by atoms with Gasteiger partial charge in [0.1, 0.15) is 5.82 Å². The average Bonchev–Trinajstić information content (AvgIpc) is 2.76. The van der Waals surface area contributed by atoms with Crippen molar-refractivity contribution in [1.82, 2.24) is 14.7 Å². The van der Waals surface area contributed by atoms with Gasteiger partial charge >= 0.3 is 0 Å². The van der Waals surface area contributed by atoms with Gasteiger partial charge in [0, 0.05) is 24.5 Å². The Hall–Kier alpha value is -1.75. The van der Waals surface area contributed by atoms with E-state index in [1.54, 1.807) is 31.3 Å². The fourth-order valence-corrected chi connectivity index (χ4v) is 5.29. The molecule has 2 aromatic rings. The first kappa shape index (κ1) is 23.9. The molecule has 1 fully saturated rings. The molecule has 1 atom stereocenters. The Bertz CT molecular complexity index is 997. The Labute approximate surface area is 192 Å². The molecule has 0 saturated heterocycles. The first-order valence-electron chi connectivity index (χ1n) is 10.6. The van der Waals surface area contributed by atoms with Gasteiger partial charge in [-0.3, -0.25) is 0 Å². The maximum Gasteiger partial charge on any atom is 0.240 e. The van der Waals surface area contributed by atoms with E-state index in [-0.39, 0.29) is 17.5 Å². The summed E-state index contributed by atoms with van der Waals surface area (Å²) in [4.78, 5) is 8.90. The molecule has 0 aliphatic heterocycles. The molecule has 1 aromatic carbocycles. The second kappa shape index (κ2) is 10.7. The molecule has 31 heavy (non-hydrogen) atoms. The lowest BCUT2D eigenvalue weighted by atomic mass is 9.90. The fraction of sp³-hybridized carbons (Fsp3) is 0.524. The Morgan fingerprint density at radius 2 is 2.00 bits per heavy atom. The highest BCUT2D eigenvalue weighted by Gasteiger charge is 2.21. The van der Waals surface area contributed by atoms with Crippen LogP contribution in [-0.2, 0) is 10.0 Å². The molecule has 8 nitrogen and oxygen atoms in total. The molecule has 170 valence electrons. The van der Waals surface area contributed by atoms with Crippen LogP contribution in [0.15, 0.2) is 33.8 Å². The van der Waals surface area contributed by atoms with Crippen molar-refractivity contribution < 1.29 is 13.5 Å². The summed E-state index contributed by atoms with van der Waals surface area (Å²) in [5, 5.41) is 15.4. The van der Waals surface area contributed by atoms with Crippen LogP contribution >= 0.6 is 15.9 Å². The quantitative estimate of drug-likeness (QED) is 0.402. The van der Waals surface area contributed by atoms with E-state index in [0.29, 0.717) is 40.0 Å². The number of aliphatic hydroxyl groups is 1. The van der Waals surface area contributed by atoms with Crippen molar-refractivity contribution in [3.8, 4) is 0 Å². The van der Waals surface area contributed by atoms with E-state index >= 15 is 0 Å². The number of hydrogen-bond donors (Lipinski definition) is 4. The van der Waals surface area contributed by atoms with Crippen LogP contribution in [0.4, 0.5) is 17.5 Å². The van der Waals surface area contributed by atoms with Crippen LogP contribution in [0.25, 0.3) is 0 Å². The molecule has 0 spiro atoms. The van der Waals surface area contributed by atoms with E-state index in [1.165, 1.54) is 19.3 Å². The summed E-state index contributed by atoms with van der Waals surface area (Å²) in [6, 6.07) is 4.99. The maximum absolute atomic E-state index is 12.9. The summed E-state index contributed by atoms with van der Waals surface area (Å²) < 4.78 is 29.3. The third-order valence-electron chi connectivity index (χ3n) is 5.42. The smallest absolute Gasteiger partial charge is 0.240 e. The van der Waals surface area contributed by atoms with Crippen molar-refractivity contribution in [1.29, 1.82) is 0 Å². The zero-order valence-corrected chi connectivity index (χ0v) is 20.3. The largest absolute Gasteiger partial charge is 0.394 e. The SMILES string of the molecule is Cc1ccc(Nc2ncc(Br)c(N[C@H](C)CO)n2)cc1S(=O)(=O)NCC1CCCCC1. The van der Waals surface area contributed by atoms with Crippen LogP contribution in [-0.4, -0.2) is 42.7 Å². The molecule has 1 aliphatic rings. The van der Waals surface area contributed by atoms with Crippen LogP contribution < -0.4 is 15.4 Å². The number of sulfonamides is 1. The Kier molecular flexibility index (Phi) is 8.26. The van der Waals surface area contributed by atoms with Crippen molar-refractivity contribution in [3.63, 3.8) is 0 Å². The number of halogens is 1. The second-order valence-electron chi connectivity index (χ2n) is 8.08. The molecule has 1 saturated carbocycles. The predicted molar refractivity (Wildman–Crippen MR) is 126 cm³/mol. The van der Waals surface area contributed by atoms with Gasteiger partial charge in [-0.15, -0.1) is 0 Å². The molecule has 1 aromatic heterocycles. The van der Waals surface area contributed by atoms with E-state index in [0.717, 1.165) is 12.8 Å². The van der Waals surface area contributed by atoms with Crippen molar-refractivity contribution >= 4 is 43.4 Å². The highest BCUT2D eigenvalue weighted by molar-refractivity contribution is 9.10. The van der Waals surface area contributed by atoms with Gasteiger partial charge in [-0.05, 0) is 66.2 Å². The summed E-state index contributed by atoms with van der Waals surface area (Å²) in [5.41, 5.74) is 1.25. The summed E-state index contributed by atoms with van der Waals surface area (Å²) in [5.74, 6) is 1.26. The van der Waals surface area contributed by atoms with Crippen LogP contribution in [0.2, 0.25) is 0 Å². The average molecular weight is 512 g/mol. The lowest BCUT2D eigenvalue weighted by Gasteiger charge is -2.22. The molecule has 0 amide bonds. The van der Waals surface area contributed by atoms with E-state index in [2.05, 4.69) is 41.3 Å². The van der Waals surface area contributed by atoms with Gasteiger partial charge in [0.25, 0.3) is 0 Å². The third-order valence-corrected chi connectivity index (χ3v) is 7.57. The maximum atomic E-state index is 12.9. The molecule has 3 rings (SSSR count). The third kappa shape index (κ3) is 6.61. The molecule has 1 aliphatic carbocycles. The van der Waals surface area contributed by atoms with Gasteiger partial charge in [0.05, 0.1) is 16.0 Å². The van der Waals surface area contributed by atoms with Crippen molar-refractivity contribution in [2.45, 2.75) is 56.9 Å². The van der Waals surface area contributed by atoms with Gasteiger partial charge in [-0.1, -0.05) is 25.3 Å². The lowest BCUT2D eigenvalue weighted by Crippen LogP contribution is -2.30. The van der Waals surface area contributed by atoms with E-state index in [9.17, 15) is 13.5 Å². The van der Waals surface area contributed by atoms with Gasteiger partial charge in [-0.25, -0.2) is 18.1 Å². The number of aryl methyl sites for hydroxylation is 1. The zero-order chi connectivity index (χ0) is 22.4. The number of aromatic nitrogens is 2. The van der Waals surface area contributed by atoms with E-state index < -0.39 is 10.0 Å². The molecule has 0 unspecified atom stereocenters. The number of nitrogens with one attached hydrogen (secondary N) is 3. The topological polar surface area (TPSA) is 116 Å². The second-order valence-corrected chi connectivity index (χ2v) is 10.7. The van der Waals surface area contributed by atoms with E-state index in [1.807, 2.05) is 6.92 Å². The Morgan fingerprint density at radius 3 is 2.71 bits per heavy atom. The van der Waals surface area contributed by atoms with Gasteiger partial charge in [0.15, 0.2) is 0 Å². The van der Waals surface area contributed by atoms with Crippen LogP contribution in [0.1, 0.15) is 44.6 Å².